The maximum atomic E-state index is 12.8. The molecule has 0 spiro atoms. The Morgan fingerprint density at radius 2 is 2.05 bits per heavy atom. The summed E-state index contributed by atoms with van der Waals surface area (Å²) >= 11 is 1.52. The molecule has 19 heavy (non-hydrogen) atoms. The number of nitrogens with one attached hydrogen (secondary N) is 1. The second-order valence-electron chi connectivity index (χ2n) is 3.80. The third-order valence-corrected chi connectivity index (χ3v) is 3.37. The van der Waals surface area contributed by atoms with Gasteiger partial charge in [-0.05, 0) is 29.6 Å². The van der Waals surface area contributed by atoms with Crippen LogP contribution in [0.25, 0.3) is 0 Å². The van der Waals surface area contributed by atoms with Crippen molar-refractivity contribution in [1.82, 2.24) is 0 Å². The highest BCUT2D eigenvalue weighted by atomic mass is 32.1. The zero-order chi connectivity index (χ0) is 13.9. The van der Waals surface area contributed by atoms with Crippen LogP contribution < -0.4 is 5.32 Å². The van der Waals surface area contributed by atoms with Gasteiger partial charge in [0.05, 0.1) is 17.2 Å². The smallest absolute Gasteiger partial charge is 0.380 e. The fourth-order valence-electron chi connectivity index (χ4n) is 1.59. The Morgan fingerprint density at radius 1 is 1.26 bits per heavy atom. The predicted molar refractivity (Wildman–Crippen MR) is 67.8 cm³/mol. The van der Waals surface area contributed by atoms with E-state index < -0.39 is 11.7 Å². The minimum absolute atomic E-state index is 0.347. The number of hydrogen-bond donors (Lipinski definition) is 1. The number of halogens is 3. The lowest BCUT2D eigenvalue weighted by molar-refractivity contribution is -0.137. The predicted octanol–water partition coefficient (Wildman–Crippen LogP) is 4.25. The molecule has 0 radical (unpaired) electrons. The highest BCUT2D eigenvalue weighted by molar-refractivity contribution is 7.09. The summed E-state index contributed by atoms with van der Waals surface area (Å²) in [5.41, 5.74) is -0.930. The fourth-order valence-corrected chi connectivity index (χ4v) is 2.23. The molecule has 1 aromatic carbocycles. The van der Waals surface area contributed by atoms with Crippen LogP contribution in [0.4, 0.5) is 18.9 Å². The monoisotopic (exact) mass is 282 g/mol. The molecular formula is C13H9F3N2S. The number of rotatable bonds is 3. The van der Waals surface area contributed by atoms with Gasteiger partial charge in [0.15, 0.2) is 0 Å². The average molecular weight is 282 g/mol. The van der Waals surface area contributed by atoms with Crippen LogP contribution in [-0.2, 0) is 12.7 Å². The molecule has 0 bridgehead atoms. The average Bonchev–Trinajstić information content (AvgIpc) is 2.88. The Hall–Kier alpha value is -2.00. The summed E-state index contributed by atoms with van der Waals surface area (Å²) in [7, 11) is 0. The van der Waals surface area contributed by atoms with Crippen molar-refractivity contribution in [3.63, 3.8) is 0 Å². The fraction of sp³-hybridized carbons (Fsp3) is 0.154. The molecular weight excluding hydrogens is 273 g/mol. The number of anilines is 1. The molecule has 6 heteroatoms. The maximum Gasteiger partial charge on any atom is 0.417 e. The molecule has 0 aliphatic rings. The number of benzene rings is 1. The summed E-state index contributed by atoms with van der Waals surface area (Å²) in [6.45, 7) is 0.459. The zero-order valence-electron chi connectivity index (χ0n) is 9.66. The van der Waals surface area contributed by atoms with Gasteiger partial charge >= 0.3 is 6.18 Å². The summed E-state index contributed by atoms with van der Waals surface area (Å²) in [6, 6.07) is 8.94. The van der Waals surface area contributed by atoms with E-state index in [0.717, 1.165) is 10.9 Å². The van der Waals surface area contributed by atoms with Gasteiger partial charge in [0.1, 0.15) is 0 Å². The van der Waals surface area contributed by atoms with E-state index in [-0.39, 0.29) is 5.56 Å². The van der Waals surface area contributed by atoms with Gasteiger partial charge in [-0.2, -0.15) is 18.4 Å². The number of nitrogens with zero attached hydrogens (tertiary/aromatic N) is 1. The van der Waals surface area contributed by atoms with Crippen molar-refractivity contribution in [2.75, 3.05) is 5.32 Å². The van der Waals surface area contributed by atoms with Crippen LogP contribution in [0.3, 0.4) is 0 Å². The Bertz CT molecular complexity index is 597. The molecule has 0 aliphatic heterocycles. The second-order valence-corrected chi connectivity index (χ2v) is 4.84. The molecule has 1 heterocycles. The first kappa shape index (κ1) is 13.4. The summed E-state index contributed by atoms with van der Waals surface area (Å²) in [5.74, 6) is 0. The summed E-state index contributed by atoms with van der Waals surface area (Å²) in [4.78, 5) is 1.03. The first-order chi connectivity index (χ1) is 9.00. The number of hydrogen-bond acceptors (Lipinski definition) is 3. The van der Waals surface area contributed by atoms with E-state index in [2.05, 4.69) is 5.32 Å². The van der Waals surface area contributed by atoms with Crippen molar-refractivity contribution >= 4 is 17.0 Å². The van der Waals surface area contributed by atoms with E-state index in [1.54, 1.807) is 6.07 Å². The van der Waals surface area contributed by atoms with Crippen LogP contribution in [-0.4, -0.2) is 0 Å². The Kier molecular flexibility index (Phi) is 3.76. The highest BCUT2D eigenvalue weighted by Crippen LogP contribution is 2.33. The van der Waals surface area contributed by atoms with Gasteiger partial charge in [-0.15, -0.1) is 11.3 Å². The van der Waals surface area contributed by atoms with E-state index >= 15 is 0 Å². The number of thiophene rings is 1. The standard InChI is InChI=1S/C13H9F3N2S/c14-13(15,16)12-6-10(4-3-9(12)7-17)18-8-11-2-1-5-19-11/h1-6,18H,8H2. The van der Waals surface area contributed by atoms with E-state index in [1.165, 1.54) is 23.5 Å². The number of nitriles is 1. The minimum Gasteiger partial charge on any atom is -0.380 e. The van der Waals surface area contributed by atoms with E-state index in [0.29, 0.717) is 12.2 Å². The lowest BCUT2D eigenvalue weighted by Crippen LogP contribution is -2.09. The molecule has 1 N–H and O–H groups in total. The lowest BCUT2D eigenvalue weighted by atomic mass is 10.1. The highest BCUT2D eigenvalue weighted by Gasteiger charge is 2.33. The number of alkyl halides is 3. The minimum atomic E-state index is -4.52. The van der Waals surface area contributed by atoms with Crippen molar-refractivity contribution in [2.24, 2.45) is 0 Å². The van der Waals surface area contributed by atoms with Gasteiger partial charge in [-0.25, -0.2) is 0 Å². The maximum absolute atomic E-state index is 12.8. The third kappa shape index (κ3) is 3.26. The van der Waals surface area contributed by atoms with Gasteiger partial charge in [0, 0.05) is 17.1 Å². The molecule has 0 unspecified atom stereocenters. The summed E-state index contributed by atoms with van der Waals surface area (Å²) < 4.78 is 38.3. The molecule has 0 atom stereocenters. The summed E-state index contributed by atoms with van der Waals surface area (Å²) in [5, 5.41) is 13.5. The molecule has 0 aliphatic carbocycles. The van der Waals surface area contributed by atoms with E-state index in [9.17, 15) is 13.2 Å². The van der Waals surface area contributed by atoms with Gasteiger partial charge in [0.25, 0.3) is 0 Å². The van der Waals surface area contributed by atoms with Crippen LogP contribution >= 0.6 is 11.3 Å². The summed E-state index contributed by atoms with van der Waals surface area (Å²) in [6.07, 6.45) is -4.52. The van der Waals surface area contributed by atoms with Crippen LogP contribution in [0.1, 0.15) is 16.0 Å². The Morgan fingerprint density at radius 3 is 2.63 bits per heavy atom. The largest absolute Gasteiger partial charge is 0.417 e. The Labute approximate surface area is 112 Å². The molecule has 98 valence electrons. The first-order valence-electron chi connectivity index (χ1n) is 5.38. The molecule has 0 fully saturated rings. The normalized spacial score (nSPS) is 11.1. The topological polar surface area (TPSA) is 35.8 Å². The van der Waals surface area contributed by atoms with Crippen LogP contribution in [0.15, 0.2) is 35.7 Å². The van der Waals surface area contributed by atoms with Crippen molar-refractivity contribution in [1.29, 1.82) is 5.26 Å². The third-order valence-electron chi connectivity index (χ3n) is 2.49. The molecule has 2 aromatic rings. The van der Waals surface area contributed by atoms with Gasteiger partial charge in [0.2, 0.25) is 0 Å². The molecule has 0 saturated carbocycles. The van der Waals surface area contributed by atoms with Crippen LogP contribution in [0, 0.1) is 11.3 Å². The van der Waals surface area contributed by atoms with Gasteiger partial charge < -0.3 is 5.32 Å². The van der Waals surface area contributed by atoms with Crippen molar-refractivity contribution in [3.05, 3.63) is 51.7 Å². The van der Waals surface area contributed by atoms with Gasteiger partial charge in [-0.3, -0.25) is 0 Å². The molecule has 2 rings (SSSR count). The first-order valence-corrected chi connectivity index (χ1v) is 6.26. The van der Waals surface area contributed by atoms with Crippen molar-refractivity contribution < 1.29 is 13.2 Å². The molecule has 0 amide bonds. The van der Waals surface area contributed by atoms with Gasteiger partial charge in [-0.1, -0.05) is 6.07 Å². The Balaban J connectivity index is 2.21. The zero-order valence-corrected chi connectivity index (χ0v) is 10.5. The van der Waals surface area contributed by atoms with Crippen LogP contribution in [0.2, 0.25) is 0 Å². The second kappa shape index (κ2) is 5.33. The van der Waals surface area contributed by atoms with Crippen molar-refractivity contribution in [3.8, 4) is 6.07 Å². The van der Waals surface area contributed by atoms with E-state index in [1.807, 2.05) is 17.5 Å². The molecule has 0 saturated heterocycles. The van der Waals surface area contributed by atoms with Crippen molar-refractivity contribution in [2.45, 2.75) is 12.7 Å². The SMILES string of the molecule is N#Cc1ccc(NCc2cccs2)cc1C(F)(F)F. The quantitative estimate of drug-likeness (QED) is 0.913. The molecule has 2 nitrogen and oxygen atoms in total. The van der Waals surface area contributed by atoms with Crippen LogP contribution in [0.5, 0.6) is 0 Å². The molecule has 1 aromatic heterocycles. The lowest BCUT2D eigenvalue weighted by Gasteiger charge is -2.11. The van der Waals surface area contributed by atoms with E-state index in [4.69, 9.17) is 5.26 Å².